The molecule has 2 amide bonds. The molecular weight excluding hydrogens is 182 g/mol. The molecule has 0 fully saturated rings. The molecule has 0 saturated carbocycles. The second-order valence-electron chi connectivity index (χ2n) is 3.01. The van der Waals surface area contributed by atoms with Crippen molar-refractivity contribution in [3.8, 4) is 0 Å². The van der Waals surface area contributed by atoms with Crippen LogP contribution in [0, 0.1) is 0 Å². The van der Waals surface area contributed by atoms with Crippen LogP contribution in [0.1, 0.15) is 27.7 Å². The molecule has 0 atom stereocenters. The molecule has 5 N–H and O–H groups in total. The predicted octanol–water partition coefficient (Wildman–Crippen LogP) is 0.730. The molecule has 0 aromatic heterocycles. The fraction of sp³-hybridized carbons (Fsp3) is 0.889. The van der Waals surface area contributed by atoms with E-state index in [0.717, 1.165) is 0 Å². The van der Waals surface area contributed by atoms with Crippen LogP contribution in [0.2, 0.25) is 0 Å². The summed E-state index contributed by atoms with van der Waals surface area (Å²) in [5.74, 6) is 0. The summed E-state index contributed by atoms with van der Waals surface area (Å²) in [7, 11) is 0. The first-order valence-corrected chi connectivity index (χ1v) is 4.87. The lowest BCUT2D eigenvalue weighted by molar-refractivity contribution is -0.921. The lowest BCUT2D eigenvalue weighted by Gasteiger charge is -2.34. The van der Waals surface area contributed by atoms with Gasteiger partial charge in [-0.15, -0.1) is 0 Å². The van der Waals surface area contributed by atoms with Crippen LogP contribution < -0.4 is 11.5 Å². The van der Waals surface area contributed by atoms with Crippen molar-refractivity contribution in [1.29, 1.82) is 0 Å². The fourth-order valence-corrected chi connectivity index (χ4v) is 1.34. The third-order valence-corrected chi connectivity index (χ3v) is 2.68. The average Bonchev–Trinajstić information content (AvgIpc) is 2.09. The van der Waals surface area contributed by atoms with Crippen LogP contribution in [0.3, 0.4) is 0 Å². The molecule has 88 valence electrons. The standard InChI is InChI=1S/C8H20N.CH4N2O.H2O/c1-5-9(6-2,7-3)8-4;2-1(3)4;/h5-8H2,1-4H3;(H4,2,3,4);1H2/q+1;;/p-1. The number of nitrogens with two attached hydrogens (primary N) is 2. The number of nitrogens with zero attached hydrogens (tertiary/aromatic N) is 1. The number of primary amides is 2. The molecule has 0 saturated heterocycles. The van der Waals surface area contributed by atoms with Crippen LogP contribution in [0.5, 0.6) is 0 Å². The van der Waals surface area contributed by atoms with Gasteiger partial charge in [-0.3, -0.25) is 0 Å². The minimum atomic E-state index is -0.833. The molecule has 0 unspecified atom stereocenters. The van der Waals surface area contributed by atoms with E-state index in [1.54, 1.807) is 0 Å². The summed E-state index contributed by atoms with van der Waals surface area (Å²) in [6.07, 6.45) is 0. The highest BCUT2D eigenvalue weighted by molar-refractivity contribution is 5.69. The van der Waals surface area contributed by atoms with Gasteiger partial charge in [0.15, 0.2) is 0 Å². The van der Waals surface area contributed by atoms with Gasteiger partial charge in [-0.05, 0) is 27.7 Å². The quantitative estimate of drug-likeness (QED) is 0.664. The summed E-state index contributed by atoms with van der Waals surface area (Å²) in [6, 6.07) is -0.833. The second kappa shape index (κ2) is 10.3. The van der Waals surface area contributed by atoms with E-state index in [4.69, 9.17) is 4.79 Å². The van der Waals surface area contributed by atoms with Crippen LogP contribution >= 0.6 is 0 Å². The van der Waals surface area contributed by atoms with Gasteiger partial charge < -0.3 is 21.4 Å². The maximum Gasteiger partial charge on any atom is 0.309 e. The first kappa shape index (κ1) is 18.9. The van der Waals surface area contributed by atoms with E-state index in [9.17, 15) is 0 Å². The molecule has 5 heteroatoms. The minimum absolute atomic E-state index is 0. The molecule has 0 aromatic carbocycles. The van der Waals surface area contributed by atoms with Crippen molar-refractivity contribution < 1.29 is 14.8 Å². The topological polar surface area (TPSA) is 99.1 Å². The van der Waals surface area contributed by atoms with Crippen molar-refractivity contribution in [3.05, 3.63) is 0 Å². The summed E-state index contributed by atoms with van der Waals surface area (Å²) in [5, 5.41) is 0. The van der Waals surface area contributed by atoms with E-state index >= 15 is 0 Å². The Morgan fingerprint density at radius 1 is 0.929 bits per heavy atom. The van der Waals surface area contributed by atoms with Gasteiger partial charge >= 0.3 is 6.03 Å². The number of hydrogen-bond donors (Lipinski definition) is 2. The van der Waals surface area contributed by atoms with Crippen LogP contribution in [-0.2, 0) is 0 Å². The molecule has 0 rings (SSSR count). The zero-order valence-corrected chi connectivity index (χ0v) is 9.79. The first-order valence-electron chi connectivity index (χ1n) is 4.87. The summed E-state index contributed by atoms with van der Waals surface area (Å²) < 4.78 is 1.28. The largest absolute Gasteiger partial charge is 0.870 e. The highest BCUT2D eigenvalue weighted by Gasteiger charge is 2.16. The van der Waals surface area contributed by atoms with Crippen molar-refractivity contribution in [2.45, 2.75) is 27.7 Å². The molecule has 0 bridgehead atoms. The summed E-state index contributed by atoms with van der Waals surface area (Å²) in [5.41, 5.74) is 8.50. The Kier molecular flexibility index (Phi) is 13.8. The summed E-state index contributed by atoms with van der Waals surface area (Å²) in [6.45, 7) is 14.2. The van der Waals surface area contributed by atoms with Crippen molar-refractivity contribution in [2.24, 2.45) is 11.5 Å². The zero-order valence-electron chi connectivity index (χ0n) is 9.79. The smallest absolute Gasteiger partial charge is 0.309 e. The number of quaternary nitrogens is 1. The van der Waals surface area contributed by atoms with Gasteiger partial charge in [-0.1, -0.05) is 0 Å². The van der Waals surface area contributed by atoms with E-state index in [0.29, 0.717) is 0 Å². The van der Waals surface area contributed by atoms with Crippen LogP contribution in [-0.4, -0.2) is 42.2 Å². The van der Waals surface area contributed by atoms with Gasteiger partial charge in [-0.2, -0.15) is 0 Å². The van der Waals surface area contributed by atoms with Crippen LogP contribution in [0.4, 0.5) is 4.79 Å². The number of carbonyl (C=O) groups excluding carboxylic acids is 1. The monoisotopic (exact) mass is 207 g/mol. The molecule has 0 heterocycles. The van der Waals surface area contributed by atoms with E-state index in [1.807, 2.05) is 0 Å². The maximum atomic E-state index is 9.00. The average molecular weight is 207 g/mol. The predicted molar refractivity (Wildman–Crippen MR) is 58.1 cm³/mol. The van der Waals surface area contributed by atoms with E-state index in [1.165, 1.54) is 30.7 Å². The number of hydrogen-bond acceptors (Lipinski definition) is 2. The van der Waals surface area contributed by atoms with Gasteiger partial charge in [0.05, 0.1) is 26.2 Å². The highest BCUT2D eigenvalue weighted by atomic mass is 16.2. The van der Waals surface area contributed by atoms with Gasteiger partial charge in [0.2, 0.25) is 0 Å². The Bertz CT molecular complexity index is 115. The SMILES string of the molecule is CC[N+](CC)(CC)CC.NC(N)=O.[OH-]. The molecule has 0 aliphatic rings. The summed E-state index contributed by atoms with van der Waals surface area (Å²) >= 11 is 0. The van der Waals surface area contributed by atoms with Gasteiger partial charge in [0.25, 0.3) is 0 Å². The minimum Gasteiger partial charge on any atom is -0.870 e. The number of carbonyl (C=O) groups is 1. The highest BCUT2D eigenvalue weighted by Crippen LogP contribution is 2.03. The van der Waals surface area contributed by atoms with E-state index in [-0.39, 0.29) is 5.48 Å². The van der Waals surface area contributed by atoms with Gasteiger partial charge in [0, 0.05) is 0 Å². The Balaban J connectivity index is -0.000000209. The van der Waals surface area contributed by atoms with Crippen LogP contribution in [0.25, 0.3) is 0 Å². The molecule has 0 aromatic rings. The van der Waals surface area contributed by atoms with Crippen molar-refractivity contribution in [3.63, 3.8) is 0 Å². The zero-order chi connectivity index (χ0) is 10.9. The Labute approximate surface area is 87.0 Å². The summed E-state index contributed by atoms with van der Waals surface area (Å²) in [4.78, 5) is 9.00. The molecule has 0 radical (unpaired) electrons. The van der Waals surface area contributed by atoms with Crippen molar-refractivity contribution in [1.82, 2.24) is 0 Å². The normalized spacial score (nSPS) is 9.43. The Hall–Kier alpha value is -0.810. The molecule has 14 heavy (non-hydrogen) atoms. The number of amides is 2. The lowest BCUT2D eigenvalue weighted by atomic mass is 10.3. The number of urea groups is 1. The van der Waals surface area contributed by atoms with Crippen LogP contribution in [0.15, 0.2) is 0 Å². The molecule has 0 spiro atoms. The molecule has 0 aliphatic carbocycles. The molecule has 5 nitrogen and oxygen atoms in total. The van der Waals surface area contributed by atoms with Gasteiger partial charge in [-0.25, -0.2) is 4.79 Å². The van der Waals surface area contributed by atoms with E-state index < -0.39 is 6.03 Å². The number of rotatable bonds is 4. The lowest BCUT2D eigenvalue weighted by Crippen LogP contribution is -2.47. The fourth-order valence-electron chi connectivity index (χ4n) is 1.34. The second-order valence-corrected chi connectivity index (χ2v) is 3.01. The third kappa shape index (κ3) is 9.28. The maximum absolute atomic E-state index is 9.00. The van der Waals surface area contributed by atoms with Gasteiger partial charge in [0.1, 0.15) is 0 Å². The molecule has 0 aliphatic heterocycles. The Morgan fingerprint density at radius 3 is 1.07 bits per heavy atom. The van der Waals surface area contributed by atoms with Crippen molar-refractivity contribution >= 4 is 6.03 Å². The van der Waals surface area contributed by atoms with E-state index in [2.05, 4.69) is 39.2 Å². The van der Waals surface area contributed by atoms with Crippen molar-refractivity contribution in [2.75, 3.05) is 26.2 Å². The first-order chi connectivity index (χ1) is 5.97. The Morgan fingerprint density at radius 2 is 1.07 bits per heavy atom. The third-order valence-electron chi connectivity index (χ3n) is 2.68. The molecular formula is C9H25N3O2.